The molecule has 0 saturated heterocycles. The van der Waals surface area contributed by atoms with Gasteiger partial charge in [0, 0.05) is 12.3 Å². The summed E-state index contributed by atoms with van der Waals surface area (Å²) in [5.74, 6) is 2.64. The number of alkyl halides is 1. The van der Waals surface area contributed by atoms with Crippen molar-refractivity contribution in [1.82, 2.24) is 0 Å². The van der Waals surface area contributed by atoms with E-state index in [0.717, 1.165) is 0 Å². The normalized spacial score (nSPS) is 8.73. The third-order valence-corrected chi connectivity index (χ3v) is 1.28. The predicted octanol–water partition coefficient (Wildman–Crippen LogP) is 1.57. The lowest BCUT2D eigenvalue weighted by Crippen LogP contribution is -2.05. The summed E-state index contributed by atoms with van der Waals surface area (Å²) in [4.78, 5) is 10.7. The fourth-order valence-corrected chi connectivity index (χ4v) is 0.596. The molecule has 11 heavy (non-hydrogen) atoms. The van der Waals surface area contributed by atoms with E-state index in [9.17, 15) is 4.79 Å². The second-order valence-corrected chi connectivity index (χ2v) is 2.35. The highest BCUT2D eigenvalue weighted by molar-refractivity contribution is 6.17. The fourth-order valence-electron chi connectivity index (χ4n) is 0.487. The number of hydrogen-bond donors (Lipinski definition) is 0. The van der Waals surface area contributed by atoms with E-state index in [1.807, 2.05) is 0 Å². The number of rotatable bonds is 5. The number of hydrogen-bond acceptors (Lipinski definition) is 2. The van der Waals surface area contributed by atoms with E-state index in [4.69, 9.17) is 22.8 Å². The Morgan fingerprint density at radius 2 is 2.36 bits per heavy atom. The number of terminal acetylenes is 1. The first-order valence-electron chi connectivity index (χ1n) is 3.46. The summed E-state index contributed by atoms with van der Waals surface area (Å²) in [6.45, 7) is 0.396. The molecule has 0 unspecified atom stereocenters. The Labute approximate surface area is 71.9 Å². The SMILES string of the molecule is C#CCCC(=O)OCCCCl. The molecule has 0 aliphatic heterocycles. The highest BCUT2D eigenvalue weighted by Crippen LogP contribution is 1.93. The average Bonchev–Trinajstić information content (AvgIpc) is 2.01. The molecule has 0 rings (SSSR count). The Bertz CT molecular complexity index is 149. The number of halogens is 1. The molecule has 0 radical (unpaired) electrons. The lowest BCUT2D eigenvalue weighted by Gasteiger charge is -2.00. The van der Waals surface area contributed by atoms with Crippen LogP contribution in [0.4, 0.5) is 0 Å². The van der Waals surface area contributed by atoms with E-state index in [1.54, 1.807) is 0 Å². The highest BCUT2D eigenvalue weighted by atomic mass is 35.5. The summed E-state index contributed by atoms with van der Waals surface area (Å²) in [6.07, 6.45) is 6.40. The van der Waals surface area contributed by atoms with Crippen LogP contribution in [0.25, 0.3) is 0 Å². The smallest absolute Gasteiger partial charge is 0.306 e. The molecule has 0 aromatic heterocycles. The van der Waals surface area contributed by atoms with Crippen LogP contribution in [0.3, 0.4) is 0 Å². The molecule has 2 nitrogen and oxygen atoms in total. The van der Waals surface area contributed by atoms with Gasteiger partial charge in [-0.3, -0.25) is 4.79 Å². The molecule has 0 fully saturated rings. The Kier molecular flexibility index (Phi) is 6.97. The van der Waals surface area contributed by atoms with Gasteiger partial charge < -0.3 is 4.74 Å². The zero-order valence-corrected chi connectivity index (χ0v) is 7.06. The van der Waals surface area contributed by atoms with E-state index in [-0.39, 0.29) is 5.97 Å². The quantitative estimate of drug-likeness (QED) is 0.274. The van der Waals surface area contributed by atoms with Crippen LogP contribution >= 0.6 is 11.6 Å². The Hall–Kier alpha value is -0.680. The van der Waals surface area contributed by atoms with Gasteiger partial charge in [0.2, 0.25) is 0 Å². The van der Waals surface area contributed by atoms with Crippen LogP contribution in [-0.2, 0) is 9.53 Å². The third kappa shape index (κ3) is 7.21. The zero-order chi connectivity index (χ0) is 8.53. The Morgan fingerprint density at radius 1 is 1.64 bits per heavy atom. The molecule has 3 heteroatoms. The minimum absolute atomic E-state index is 0.243. The molecule has 0 heterocycles. The molecule has 0 atom stereocenters. The Morgan fingerprint density at radius 3 is 2.91 bits per heavy atom. The molecule has 0 bridgehead atoms. The maximum Gasteiger partial charge on any atom is 0.306 e. The number of esters is 1. The van der Waals surface area contributed by atoms with Crippen molar-refractivity contribution in [3.05, 3.63) is 0 Å². The monoisotopic (exact) mass is 174 g/mol. The van der Waals surface area contributed by atoms with Crippen LogP contribution in [0.1, 0.15) is 19.3 Å². The van der Waals surface area contributed by atoms with Gasteiger partial charge in [-0.15, -0.1) is 23.9 Å². The van der Waals surface area contributed by atoms with Crippen LogP contribution in [0.15, 0.2) is 0 Å². The molecule has 0 aromatic carbocycles. The fraction of sp³-hybridized carbons (Fsp3) is 0.625. The highest BCUT2D eigenvalue weighted by Gasteiger charge is 1.99. The van der Waals surface area contributed by atoms with Gasteiger partial charge in [0.15, 0.2) is 0 Å². The summed E-state index contributed by atoms with van der Waals surface area (Å²) in [7, 11) is 0. The van der Waals surface area contributed by atoms with Crippen molar-refractivity contribution in [3.63, 3.8) is 0 Å². The summed E-state index contributed by atoms with van der Waals surface area (Å²) >= 11 is 5.37. The number of carbonyl (C=O) groups excluding carboxylic acids is 1. The molecule has 0 saturated carbocycles. The minimum Gasteiger partial charge on any atom is -0.466 e. The van der Waals surface area contributed by atoms with Gasteiger partial charge >= 0.3 is 5.97 Å². The van der Waals surface area contributed by atoms with Crippen molar-refractivity contribution in [1.29, 1.82) is 0 Å². The molecule has 0 aromatic rings. The topological polar surface area (TPSA) is 26.3 Å². The summed E-state index contributed by atoms with van der Waals surface area (Å²) in [5.41, 5.74) is 0. The maximum absolute atomic E-state index is 10.7. The van der Waals surface area contributed by atoms with Crippen molar-refractivity contribution in [2.24, 2.45) is 0 Å². The standard InChI is InChI=1S/C8H11ClO2/c1-2-3-5-8(10)11-7-4-6-9/h1H,3-7H2. The van der Waals surface area contributed by atoms with Gasteiger partial charge in [-0.2, -0.15) is 0 Å². The van der Waals surface area contributed by atoms with Crippen LogP contribution in [0.5, 0.6) is 0 Å². The molecule has 0 amide bonds. The van der Waals surface area contributed by atoms with E-state index >= 15 is 0 Å². The average molecular weight is 175 g/mol. The van der Waals surface area contributed by atoms with E-state index in [0.29, 0.717) is 31.7 Å². The van der Waals surface area contributed by atoms with Gasteiger partial charge in [0.05, 0.1) is 13.0 Å². The van der Waals surface area contributed by atoms with Gasteiger partial charge in [-0.25, -0.2) is 0 Å². The van der Waals surface area contributed by atoms with Gasteiger partial charge in [0.25, 0.3) is 0 Å². The lowest BCUT2D eigenvalue weighted by atomic mass is 10.3. The summed E-state index contributed by atoms with van der Waals surface area (Å²) < 4.78 is 4.77. The van der Waals surface area contributed by atoms with E-state index in [1.165, 1.54) is 0 Å². The molecular weight excluding hydrogens is 164 g/mol. The van der Waals surface area contributed by atoms with Crippen molar-refractivity contribution >= 4 is 17.6 Å². The maximum atomic E-state index is 10.7. The first-order valence-corrected chi connectivity index (χ1v) is 3.99. The molecule has 0 N–H and O–H groups in total. The van der Waals surface area contributed by atoms with Crippen LogP contribution in [-0.4, -0.2) is 18.5 Å². The van der Waals surface area contributed by atoms with E-state index in [2.05, 4.69) is 5.92 Å². The largest absolute Gasteiger partial charge is 0.466 e. The molecule has 0 spiro atoms. The van der Waals surface area contributed by atoms with Crippen molar-refractivity contribution in [2.75, 3.05) is 12.5 Å². The van der Waals surface area contributed by atoms with Gasteiger partial charge in [-0.05, 0) is 6.42 Å². The molecule has 62 valence electrons. The molecular formula is C8H11ClO2. The minimum atomic E-state index is -0.243. The predicted molar refractivity (Wildman–Crippen MR) is 44.4 cm³/mol. The van der Waals surface area contributed by atoms with Crippen molar-refractivity contribution in [2.45, 2.75) is 19.3 Å². The van der Waals surface area contributed by atoms with Crippen LogP contribution < -0.4 is 0 Å². The Balaban J connectivity index is 3.17. The van der Waals surface area contributed by atoms with Crippen LogP contribution in [0.2, 0.25) is 0 Å². The summed E-state index contributed by atoms with van der Waals surface area (Å²) in [6, 6.07) is 0. The van der Waals surface area contributed by atoms with E-state index < -0.39 is 0 Å². The van der Waals surface area contributed by atoms with Crippen molar-refractivity contribution < 1.29 is 9.53 Å². The zero-order valence-electron chi connectivity index (χ0n) is 6.31. The molecule has 0 aliphatic carbocycles. The number of ether oxygens (including phenoxy) is 1. The third-order valence-electron chi connectivity index (χ3n) is 1.01. The van der Waals surface area contributed by atoms with Gasteiger partial charge in [-0.1, -0.05) is 0 Å². The van der Waals surface area contributed by atoms with Crippen LogP contribution in [0, 0.1) is 12.3 Å². The molecule has 0 aliphatic rings. The van der Waals surface area contributed by atoms with Crippen molar-refractivity contribution in [3.8, 4) is 12.3 Å². The second-order valence-electron chi connectivity index (χ2n) is 1.97. The first-order chi connectivity index (χ1) is 5.31. The summed E-state index contributed by atoms with van der Waals surface area (Å²) in [5, 5.41) is 0. The lowest BCUT2D eigenvalue weighted by molar-refractivity contribution is -0.143. The van der Waals surface area contributed by atoms with Gasteiger partial charge in [0.1, 0.15) is 0 Å². The number of carbonyl (C=O) groups is 1. The second kappa shape index (κ2) is 7.43. The first kappa shape index (κ1) is 10.3.